The van der Waals surface area contributed by atoms with E-state index in [1.165, 1.54) is 4.31 Å². The Hall–Kier alpha value is -1.37. The lowest BCUT2D eigenvalue weighted by molar-refractivity contribution is -0.142. The van der Waals surface area contributed by atoms with Crippen molar-refractivity contribution in [2.24, 2.45) is 5.73 Å². The van der Waals surface area contributed by atoms with E-state index in [2.05, 4.69) is 10.4 Å². The van der Waals surface area contributed by atoms with Crippen LogP contribution in [-0.4, -0.2) is 60.3 Å². The van der Waals surface area contributed by atoms with E-state index in [1.807, 2.05) is 0 Å². The largest absolute Gasteiger partial charge is 0.408 e. The van der Waals surface area contributed by atoms with Gasteiger partial charge in [0.2, 0.25) is 15.9 Å². The van der Waals surface area contributed by atoms with Crippen LogP contribution in [0.1, 0.15) is 25.7 Å². The average molecular weight is 434 g/mol. The van der Waals surface area contributed by atoms with Crippen LogP contribution < -0.4 is 11.1 Å². The van der Waals surface area contributed by atoms with Gasteiger partial charge in [-0.15, -0.1) is 12.4 Å². The zero-order valence-corrected chi connectivity index (χ0v) is 16.1. The first-order valence-electron chi connectivity index (χ1n) is 8.21. The molecular formula is C14H23ClF3N5O3S. The van der Waals surface area contributed by atoms with Gasteiger partial charge in [0.1, 0.15) is 11.4 Å². The van der Waals surface area contributed by atoms with Crippen LogP contribution >= 0.6 is 12.4 Å². The fourth-order valence-corrected chi connectivity index (χ4v) is 4.48. The van der Waals surface area contributed by atoms with Crippen LogP contribution in [0.4, 0.5) is 13.2 Å². The zero-order chi connectivity index (χ0) is 19.4. The Balaban J connectivity index is 0.00000364. The Morgan fingerprint density at radius 2 is 2.07 bits per heavy atom. The summed E-state index contributed by atoms with van der Waals surface area (Å²) in [6.07, 6.45) is -0.558. The molecule has 1 amide bonds. The summed E-state index contributed by atoms with van der Waals surface area (Å²) in [5, 5.41) is 6.14. The average Bonchev–Trinajstić information content (AvgIpc) is 3.01. The number of amides is 1. The molecule has 0 bridgehead atoms. The van der Waals surface area contributed by atoms with E-state index >= 15 is 0 Å². The van der Waals surface area contributed by atoms with Crippen molar-refractivity contribution in [3.63, 3.8) is 0 Å². The van der Waals surface area contributed by atoms with Gasteiger partial charge in [-0.05, 0) is 12.8 Å². The molecule has 8 nitrogen and oxygen atoms in total. The van der Waals surface area contributed by atoms with E-state index in [-0.39, 0.29) is 49.3 Å². The van der Waals surface area contributed by atoms with E-state index < -0.39 is 28.8 Å². The van der Waals surface area contributed by atoms with Gasteiger partial charge >= 0.3 is 6.18 Å². The first-order valence-corrected chi connectivity index (χ1v) is 9.65. The Morgan fingerprint density at radius 3 is 2.70 bits per heavy atom. The van der Waals surface area contributed by atoms with Crippen LogP contribution in [0.5, 0.6) is 0 Å². The van der Waals surface area contributed by atoms with Crippen molar-refractivity contribution in [2.75, 3.05) is 19.6 Å². The minimum Gasteiger partial charge on any atom is -0.354 e. The number of aromatic nitrogens is 2. The molecule has 3 N–H and O–H groups in total. The molecular weight excluding hydrogens is 411 g/mol. The summed E-state index contributed by atoms with van der Waals surface area (Å²) in [6, 6.07) is -0.457. The first-order chi connectivity index (χ1) is 12.1. The third-order valence-corrected chi connectivity index (χ3v) is 5.94. The number of carbonyl (C=O) groups excluding carboxylic acids is 1. The minimum absolute atomic E-state index is 0. The maximum absolute atomic E-state index is 12.8. The number of halogens is 4. The maximum atomic E-state index is 12.8. The molecule has 0 aliphatic carbocycles. The van der Waals surface area contributed by atoms with Gasteiger partial charge in [-0.25, -0.2) is 8.42 Å². The SMILES string of the molecule is Cl.NCCC(=O)NCC1CCCCN1S(=O)(=O)c1cnn(CC(F)(F)F)c1. The van der Waals surface area contributed by atoms with E-state index in [0.29, 0.717) is 17.5 Å². The number of carbonyl (C=O) groups is 1. The van der Waals surface area contributed by atoms with Gasteiger partial charge in [0.05, 0.1) is 6.20 Å². The van der Waals surface area contributed by atoms with Crippen LogP contribution in [-0.2, 0) is 21.4 Å². The fraction of sp³-hybridized carbons (Fsp3) is 0.714. The smallest absolute Gasteiger partial charge is 0.354 e. The van der Waals surface area contributed by atoms with Crippen molar-refractivity contribution in [1.82, 2.24) is 19.4 Å². The van der Waals surface area contributed by atoms with Crippen LogP contribution in [0.15, 0.2) is 17.3 Å². The van der Waals surface area contributed by atoms with Gasteiger partial charge in [0, 0.05) is 38.3 Å². The normalized spacial score (nSPS) is 18.7. The number of nitrogens with two attached hydrogens (primary N) is 1. The van der Waals surface area contributed by atoms with Gasteiger partial charge < -0.3 is 11.1 Å². The highest BCUT2D eigenvalue weighted by atomic mass is 35.5. The summed E-state index contributed by atoms with van der Waals surface area (Å²) < 4.78 is 64.7. The van der Waals surface area contributed by atoms with Crippen molar-refractivity contribution < 1.29 is 26.4 Å². The molecule has 2 rings (SSSR count). The summed E-state index contributed by atoms with van der Waals surface area (Å²) in [5.41, 5.74) is 5.30. The summed E-state index contributed by atoms with van der Waals surface area (Å²) >= 11 is 0. The molecule has 13 heteroatoms. The van der Waals surface area contributed by atoms with E-state index in [4.69, 9.17) is 5.73 Å². The standard InChI is InChI=1S/C14H22F3N5O3S.ClH/c15-14(16,17)10-21-9-12(8-20-21)26(24,25)22-6-2-1-3-11(22)7-19-13(23)4-5-18;/h8-9,11H,1-7,10,18H2,(H,19,23);1H. The summed E-state index contributed by atoms with van der Waals surface area (Å²) in [5.74, 6) is -0.270. The lowest BCUT2D eigenvalue weighted by Crippen LogP contribution is -2.49. The molecule has 156 valence electrons. The summed E-state index contributed by atoms with van der Waals surface area (Å²) in [4.78, 5) is 11.3. The van der Waals surface area contributed by atoms with Gasteiger partial charge in [0.25, 0.3) is 0 Å². The third-order valence-electron chi connectivity index (χ3n) is 4.04. The number of nitrogens with zero attached hydrogens (tertiary/aromatic N) is 3. The first kappa shape index (κ1) is 23.7. The molecule has 0 aromatic carbocycles. The second kappa shape index (κ2) is 9.71. The molecule has 2 heterocycles. The van der Waals surface area contributed by atoms with Crippen molar-refractivity contribution in [2.45, 2.75) is 49.3 Å². The Labute approximate surface area is 161 Å². The van der Waals surface area contributed by atoms with E-state index in [1.54, 1.807) is 0 Å². The lowest BCUT2D eigenvalue weighted by Gasteiger charge is -2.34. The number of sulfonamides is 1. The zero-order valence-electron chi connectivity index (χ0n) is 14.5. The fourth-order valence-electron chi connectivity index (χ4n) is 2.83. The second-order valence-electron chi connectivity index (χ2n) is 6.10. The topological polar surface area (TPSA) is 110 Å². The Morgan fingerprint density at radius 1 is 1.37 bits per heavy atom. The highest BCUT2D eigenvalue weighted by Crippen LogP contribution is 2.25. The molecule has 1 fully saturated rings. The van der Waals surface area contributed by atoms with Crippen molar-refractivity contribution in [3.8, 4) is 0 Å². The number of rotatable bonds is 7. The van der Waals surface area contributed by atoms with Crippen LogP contribution in [0.3, 0.4) is 0 Å². The minimum atomic E-state index is -4.49. The summed E-state index contributed by atoms with van der Waals surface area (Å²) in [7, 11) is -4.00. The Bertz CT molecular complexity index is 726. The summed E-state index contributed by atoms with van der Waals surface area (Å²) in [6.45, 7) is -0.795. The van der Waals surface area contributed by atoms with E-state index in [0.717, 1.165) is 18.8 Å². The van der Waals surface area contributed by atoms with Crippen LogP contribution in [0.25, 0.3) is 0 Å². The number of hydrogen-bond donors (Lipinski definition) is 2. The third kappa shape index (κ3) is 6.63. The molecule has 1 aromatic heterocycles. The lowest BCUT2D eigenvalue weighted by atomic mass is 10.1. The van der Waals surface area contributed by atoms with E-state index in [9.17, 15) is 26.4 Å². The van der Waals surface area contributed by atoms with Crippen molar-refractivity contribution in [3.05, 3.63) is 12.4 Å². The van der Waals surface area contributed by atoms with Gasteiger partial charge in [-0.1, -0.05) is 6.42 Å². The molecule has 0 saturated carbocycles. The van der Waals surface area contributed by atoms with Crippen LogP contribution in [0.2, 0.25) is 0 Å². The van der Waals surface area contributed by atoms with Gasteiger partial charge in [0.15, 0.2) is 0 Å². The van der Waals surface area contributed by atoms with Gasteiger partial charge in [-0.3, -0.25) is 9.48 Å². The molecule has 27 heavy (non-hydrogen) atoms. The Kier molecular flexibility index (Phi) is 8.51. The molecule has 1 aliphatic rings. The number of alkyl halides is 3. The van der Waals surface area contributed by atoms with Crippen molar-refractivity contribution >= 4 is 28.3 Å². The second-order valence-corrected chi connectivity index (χ2v) is 7.99. The highest BCUT2D eigenvalue weighted by molar-refractivity contribution is 7.89. The quantitative estimate of drug-likeness (QED) is 0.663. The van der Waals surface area contributed by atoms with Crippen LogP contribution in [0, 0.1) is 0 Å². The molecule has 1 saturated heterocycles. The molecule has 0 radical (unpaired) electrons. The molecule has 0 spiro atoms. The van der Waals surface area contributed by atoms with Crippen molar-refractivity contribution in [1.29, 1.82) is 0 Å². The van der Waals surface area contributed by atoms with Gasteiger partial charge in [-0.2, -0.15) is 22.6 Å². The number of nitrogens with one attached hydrogen (secondary N) is 1. The highest BCUT2D eigenvalue weighted by Gasteiger charge is 2.35. The molecule has 1 unspecified atom stereocenters. The molecule has 1 atom stereocenters. The number of hydrogen-bond acceptors (Lipinski definition) is 5. The predicted octanol–water partition coefficient (Wildman–Crippen LogP) is 0.875. The predicted molar refractivity (Wildman–Crippen MR) is 93.7 cm³/mol. The maximum Gasteiger partial charge on any atom is 0.408 e. The monoisotopic (exact) mass is 433 g/mol. The number of piperidine rings is 1. The molecule has 1 aromatic rings. The molecule has 1 aliphatic heterocycles.